The molecular weight excluding hydrogens is 440 g/mol. The molecule has 0 saturated carbocycles. The molecule has 3 aromatic rings. The molecule has 5 N–H and O–H groups in total. The highest BCUT2D eigenvalue weighted by molar-refractivity contribution is 5.90. The van der Waals surface area contributed by atoms with Crippen LogP contribution in [0.4, 0.5) is 17.7 Å². The highest BCUT2D eigenvalue weighted by atomic mass is 16.5. The van der Waals surface area contributed by atoms with Crippen molar-refractivity contribution in [1.82, 2.24) is 34.8 Å². The van der Waals surface area contributed by atoms with Gasteiger partial charge in [-0.15, -0.1) is 0 Å². The van der Waals surface area contributed by atoms with Crippen molar-refractivity contribution in [2.75, 3.05) is 62.0 Å². The molecular formula is C21H26N10O3. The van der Waals surface area contributed by atoms with E-state index >= 15 is 0 Å². The summed E-state index contributed by atoms with van der Waals surface area (Å²) in [6, 6.07) is 1.78. The SMILES string of the molecule is Nc1ncc(-c2cc(N[C@@]3(CO)CCN(C(=O)c4ncc[nH]4)C3)nc(N3CCOCC3)n2)cn1. The Labute approximate surface area is 195 Å². The second-order valence-electron chi connectivity index (χ2n) is 8.35. The molecule has 34 heavy (non-hydrogen) atoms. The molecule has 0 aliphatic carbocycles. The minimum absolute atomic E-state index is 0.174. The number of nitrogens with one attached hydrogen (secondary N) is 2. The monoisotopic (exact) mass is 466 g/mol. The van der Waals surface area contributed by atoms with Crippen molar-refractivity contribution >= 4 is 23.6 Å². The molecule has 0 bridgehead atoms. The Morgan fingerprint density at radius 1 is 1.21 bits per heavy atom. The zero-order chi connectivity index (χ0) is 23.5. The molecule has 178 valence electrons. The summed E-state index contributed by atoms with van der Waals surface area (Å²) in [6.45, 7) is 3.12. The fourth-order valence-electron chi connectivity index (χ4n) is 4.14. The summed E-state index contributed by atoms with van der Waals surface area (Å²) in [7, 11) is 0. The fraction of sp³-hybridized carbons (Fsp3) is 0.429. The van der Waals surface area contributed by atoms with Crippen LogP contribution in [-0.4, -0.2) is 97.4 Å². The third-order valence-electron chi connectivity index (χ3n) is 6.01. The number of H-pyrrole nitrogens is 1. The van der Waals surface area contributed by atoms with E-state index in [1.807, 2.05) is 4.90 Å². The first-order valence-corrected chi connectivity index (χ1v) is 11.0. The van der Waals surface area contributed by atoms with E-state index in [1.165, 1.54) is 6.20 Å². The number of nitrogens with zero attached hydrogens (tertiary/aromatic N) is 7. The topological polar surface area (TPSA) is 171 Å². The third kappa shape index (κ3) is 4.47. The molecule has 5 rings (SSSR count). The molecule has 3 aromatic heterocycles. The van der Waals surface area contributed by atoms with E-state index in [1.54, 1.807) is 29.6 Å². The normalized spacial score (nSPS) is 20.5. The van der Waals surface area contributed by atoms with Crippen LogP contribution in [0.15, 0.2) is 30.9 Å². The van der Waals surface area contributed by atoms with Crippen molar-refractivity contribution in [2.45, 2.75) is 12.0 Å². The minimum atomic E-state index is -0.756. The lowest BCUT2D eigenvalue weighted by Crippen LogP contribution is -2.46. The molecule has 0 radical (unpaired) electrons. The van der Waals surface area contributed by atoms with Gasteiger partial charge in [0, 0.05) is 62.6 Å². The first-order chi connectivity index (χ1) is 16.5. The maximum absolute atomic E-state index is 12.7. The Morgan fingerprint density at radius 3 is 2.71 bits per heavy atom. The number of hydrogen-bond donors (Lipinski definition) is 4. The van der Waals surface area contributed by atoms with Gasteiger partial charge < -0.3 is 35.7 Å². The molecule has 0 aromatic carbocycles. The van der Waals surface area contributed by atoms with Crippen LogP contribution in [0.5, 0.6) is 0 Å². The summed E-state index contributed by atoms with van der Waals surface area (Å²) in [5, 5.41) is 13.7. The van der Waals surface area contributed by atoms with Gasteiger partial charge in [0.25, 0.3) is 5.91 Å². The highest BCUT2D eigenvalue weighted by Crippen LogP contribution is 2.29. The standard InChI is InChI=1S/C21H26N10O3/c22-19-25-10-14(11-26-19)15-9-16(28-20(27-15)30-5-7-34-8-6-30)29-21(13-32)1-4-31(12-21)18(33)17-23-2-3-24-17/h2-3,9-11,32H,1,4-8,12-13H2,(H,23,24)(H2,22,25,26)(H,27,28,29)/t21-/m0/s1. The summed E-state index contributed by atoms with van der Waals surface area (Å²) in [6.07, 6.45) is 6.92. The first-order valence-electron chi connectivity index (χ1n) is 11.0. The third-order valence-corrected chi connectivity index (χ3v) is 6.01. The van der Waals surface area contributed by atoms with Gasteiger partial charge >= 0.3 is 0 Å². The van der Waals surface area contributed by atoms with E-state index < -0.39 is 5.54 Å². The molecule has 2 fully saturated rings. The summed E-state index contributed by atoms with van der Waals surface area (Å²) < 4.78 is 5.46. The molecule has 2 aliphatic rings. The quantitative estimate of drug-likeness (QED) is 0.378. The number of morpholine rings is 1. The largest absolute Gasteiger partial charge is 0.394 e. The lowest BCUT2D eigenvalue weighted by atomic mass is 10.00. The molecule has 0 unspecified atom stereocenters. The van der Waals surface area contributed by atoms with Gasteiger partial charge in [-0.3, -0.25) is 4.79 Å². The van der Waals surface area contributed by atoms with Crippen LogP contribution < -0.4 is 16.0 Å². The van der Waals surface area contributed by atoms with E-state index in [2.05, 4.69) is 25.3 Å². The second-order valence-corrected chi connectivity index (χ2v) is 8.35. The first kappa shape index (κ1) is 22.0. The number of carbonyl (C=O) groups is 1. The Kier molecular flexibility index (Phi) is 5.94. The maximum Gasteiger partial charge on any atom is 0.289 e. The summed E-state index contributed by atoms with van der Waals surface area (Å²) in [5.41, 5.74) is 6.19. The van der Waals surface area contributed by atoms with Crippen LogP contribution in [0.3, 0.4) is 0 Å². The number of imidazole rings is 1. The molecule has 1 amide bonds. The van der Waals surface area contributed by atoms with Crippen LogP contribution in [0.1, 0.15) is 17.0 Å². The lowest BCUT2D eigenvalue weighted by Gasteiger charge is -2.31. The van der Waals surface area contributed by atoms with Gasteiger partial charge in [0.05, 0.1) is 31.1 Å². The zero-order valence-corrected chi connectivity index (χ0v) is 18.5. The van der Waals surface area contributed by atoms with Gasteiger partial charge in [-0.05, 0) is 6.42 Å². The van der Waals surface area contributed by atoms with Crippen molar-refractivity contribution in [3.05, 3.63) is 36.7 Å². The van der Waals surface area contributed by atoms with Crippen LogP contribution >= 0.6 is 0 Å². The zero-order valence-electron chi connectivity index (χ0n) is 18.5. The Balaban J connectivity index is 1.44. The number of aliphatic hydroxyl groups excluding tert-OH is 1. The summed E-state index contributed by atoms with van der Waals surface area (Å²) >= 11 is 0. The minimum Gasteiger partial charge on any atom is -0.394 e. The Bertz CT molecular complexity index is 1130. The van der Waals surface area contributed by atoms with E-state index in [4.69, 9.17) is 20.4 Å². The maximum atomic E-state index is 12.7. The molecule has 5 heterocycles. The van der Waals surface area contributed by atoms with E-state index in [-0.39, 0.29) is 24.3 Å². The van der Waals surface area contributed by atoms with Crippen LogP contribution in [-0.2, 0) is 4.74 Å². The number of anilines is 3. The predicted molar refractivity (Wildman–Crippen MR) is 123 cm³/mol. The average Bonchev–Trinajstić information content (AvgIpc) is 3.56. The number of ether oxygens (including phenoxy) is 1. The van der Waals surface area contributed by atoms with E-state index in [0.717, 1.165) is 0 Å². The van der Waals surface area contributed by atoms with Crippen LogP contribution in [0, 0.1) is 0 Å². The number of nitrogens with two attached hydrogens (primary N) is 1. The van der Waals surface area contributed by atoms with E-state index in [9.17, 15) is 9.90 Å². The summed E-state index contributed by atoms with van der Waals surface area (Å²) in [5.74, 6) is 1.31. The van der Waals surface area contributed by atoms with Crippen LogP contribution in [0.2, 0.25) is 0 Å². The molecule has 2 saturated heterocycles. The van der Waals surface area contributed by atoms with Gasteiger partial charge in [0.2, 0.25) is 11.9 Å². The number of rotatable bonds is 6. The number of carbonyl (C=O) groups excluding carboxylic acids is 1. The van der Waals surface area contributed by atoms with Gasteiger partial charge in [0.1, 0.15) is 5.82 Å². The number of nitrogen functional groups attached to an aromatic ring is 1. The van der Waals surface area contributed by atoms with Gasteiger partial charge in [-0.2, -0.15) is 4.98 Å². The predicted octanol–water partition coefficient (Wildman–Crippen LogP) is -0.235. The number of aromatic amines is 1. The van der Waals surface area contributed by atoms with E-state index in [0.29, 0.717) is 68.8 Å². The molecule has 0 spiro atoms. The number of aromatic nitrogens is 6. The van der Waals surface area contributed by atoms with Crippen molar-refractivity contribution in [2.24, 2.45) is 0 Å². The second kappa shape index (κ2) is 9.19. The Hall–Kier alpha value is -3.84. The molecule has 13 nitrogen and oxygen atoms in total. The number of aliphatic hydroxyl groups is 1. The fourth-order valence-corrected chi connectivity index (χ4v) is 4.14. The number of likely N-dealkylation sites (tertiary alicyclic amines) is 1. The molecule has 2 aliphatic heterocycles. The highest BCUT2D eigenvalue weighted by Gasteiger charge is 2.41. The van der Waals surface area contributed by atoms with Crippen LogP contribution in [0.25, 0.3) is 11.3 Å². The van der Waals surface area contributed by atoms with Crippen molar-refractivity contribution in [3.8, 4) is 11.3 Å². The molecule has 1 atom stereocenters. The number of amides is 1. The lowest BCUT2D eigenvalue weighted by molar-refractivity contribution is 0.0768. The molecule has 13 heteroatoms. The van der Waals surface area contributed by atoms with Gasteiger partial charge in [0.15, 0.2) is 5.82 Å². The van der Waals surface area contributed by atoms with Crippen molar-refractivity contribution in [1.29, 1.82) is 0 Å². The van der Waals surface area contributed by atoms with Crippen molar-refractivity contribution < 1.29 is 14.6 Å². The Morgan fingerprint density at radius 2 is 2.00 bits per heavy atom. The average molecular weight is 467 g/mol. The van der Waals surface area contributed by atoms with Gasteiger partial charge in [-0.1, -0.05) is 0 Å². The summed E-state index contributed by atoms with van der Waals surface area (Å²) in [4.78, 5) is 40.9. The van der Waals surface area contributed by atoms with Gasteiger partial charge in [-0.25, -0.2) is 19.9 Å². The smallest absolute Gasteiger partial charge is 0.289 e. The van der Waals surface area contributed by atoms with Crippen molar-refractivity contribution in [3.63, 3.8) is 0 Å². The number of hydrogen-bond acceptors (Lipinski definition) is 11.